The molecule has 3 N–H and O–H groups in total. The van der Waals surface area contributed by atoms with Gasteiger partial charge in [-0.3, -0.25) is 9.48 Å². The fourth-order valence-electron chi connectivity index (χ4n) is 1.79. The summed E-state index contributed by atoms with van der Waals surface area (Å²) in [5.74, 6) is 2.10. The minimum Gasteiger partial charge on any atom is -0.324 e. The molecule has 1 amide bonds. The van der Waals surface area contributed by atoms with Gasteiger partial charge in [0.15, 0.2) is 0 Å². The number of nitrogens with zero attached hydrogens (tertiary/aromatic N) is 2. The van der Waals surface area contributed by atoms with Crippen molar-refractivity contribution >= 4 is 11.6 Å². The first-order valence-corrected chi connectivity index (χ1v) is 6.26. The highest BCUT2D eigenvalue weighted by atomic mass is 16.2. The Kier molecular flexibility index (Phi) is 4.53. The molecule has 0 bridgehead atoms. The Bertz CT molecular complexity index is 613. The van der Waals surface area contributed by atoms with Crippen LogP contribution in [0.5, 0.6) is 0 Å². The zero-order valence-corrected chi connectivity index (χ0v) is 11.0. The molecule has 0 saturated carbocycles. The topological polar surface area (TPSA) is 72.9 Å². The molecule has 0 saturated heterocycles. The van der Waals surface area contributed by atoms with Crippen LogP contribution in [0, 0.1) is 12.3 Å². The summed E-state index contributed by atoms with van der Waals surface area (Å²) in [6.07, 6.45) is 8.95. The summed E-state index contributed by atoms with van der Waals surface area (Å²) in [6, 6.07) is 8.69. The Labute approximate surface area is 117 Å². The molecule has 0 fully saturated rings. The number of hydrogen-bond donors (Lipinski definition) is 2. The summed E-state index contributed by atoms with van der Waals surface area (Å²) in [6.45, 7) is 0.577. The van der Waals surface area contributed by atoms with Crippen molar-refractivity contribution < 1.29 is 4.79 Å². The van der Waals surface area contributed by atoms with Crippen LogP contribution in [-0.2, 0) is 11.3 Å². The lowest BCUT2D eigenvalue weighted by atomic mass is 10.1. The number of carbonyl (C=O) groups is 1. The normalized spacial score (nSPS) is 11.6. The zero-order chi connectivity index (χ0) is 14.4. The summed E-state index contributed by atoms with van der Waals surface area (Å²) < 4.78 is 1.78. The zero-order valence-electron chi connectivity index (χ0n) is 11.0. The van der Waals surface area contributed by atoms with E-state index >= 15 is 0 Å². The van der Waals surface area contributed by atoms with Crippen molar-refractivity contribution in [1.29, 1.82) is 0 Å². The van der Waals surface area contributed by atoms with Crippen LogP contribution in [0.15, 0.2) is 42.7 Å². The van der Waals surface area contributed by atoms with Gasteiger partial charge in [0.25, 0.3) is 0 Å². The summed E-state index contributed by atoms with van der Waals surface area (Å²) in [5, 5.41) is 6.96. The molecule has 1 heterocycles. The van der Waals surface area contributed by atoms with E-state index in [0.717, 1.165) is 11.3 Å². The van der Waals surface area contributed by atoms with Gasteiger partial charge in [-0.05, 0) is 17.7 Å². The van der Waals surface area contributed by atoms with Crippen LogP contribution >= 0.6 is 0 Å². The lowest BCUT2D eigenvalue weighted by Gasteiger charge is -2.13. The van der Waals surface area contributed by atoms with Gasteiger partial charge in [-0.1, -0.05) is 18.2 Å². The number of para-hydroxylation sites is 1. The molecule has 1 atom stereocenters. The van der Waals surface area contributed by atoms with Gasteiger partial charge in [-0.15, -0.1) is 12.3 Å². The van der Waals surface area contributed by atoms with E-state index in [9.17, 15) is 4.79 Å². The second-order valence-corrected chi connectivity index (χ2v) is 4.36. The van der Waals surface area contributed by atoms with Crippen LogP contribution in [0.2, 0.25) is 0 Å². The first-order chi connectivity index (χ1) is 9.70. The smallest absolute Gasteiger partial charge is 0.242 e. The van der Waals surface area contributed by atoms with Gasteiger partial charge >= 0.3 is 0 Å². The van der Waals surface area contributed by atoms with E-state index in [-0.39, 0.29) is 12.3 Å². The SMILES string of the molecule is C#CCC(N)C(=O)Nc1ccccc1Cn1cccn1. The molecule has 0 aliphatic heterocycles. The number of aromatic nitrogens is 2. The Morgan fingerprint density at radius 1 is 1.45 bits per heavy atom. The summed E-state index contributed by atoms with van der Waals surface area (Å²) in [7, 11) is 0. The van der Waals surface area contributed by atoms with E-state index in [1.807, 2.05) is 36.5 Å². The monoisotopic (exact) mass is 268 g/mol. The molecule has 2 rings (SSSR count). The maximum atomic E-state index is 11.9. The number of rotatable bonds is 5. The Hall–Kier alpha value is -2.58. The predicted octanol–water partition coefficient (Wildman–Crippen LogP) is 1.22. The van der Waals surface area contributed by atoms with Crippen molar-refractivity contribution in [3.05, 3.63) is 48.3 Å². The average molecular weight is 268 g/mol. The number of benzene rings is 1. The quantitative estimate of drug-likeness (QED) is 0.801. The van der Waals surface area contributed by atoms with Crippen LogP contribution in [0.25, 0.3) is 0 Å². The number of nitrogens with one attached hydrogen (secondary N) is 1. The fraction of sp³-hybridized carbons (Fsp3) is 0.200. The largest absolute Gasteiger partial charge is 0.324 e. The van der Waals surface area contributed by atoms with Crippen molar-refractivity contribution in [2.45, 2.75) is 19.0 Å². The summed E-state index contributed by atoms with van der Waals surface area (Å²) >= 11 is 0. The molecule has 1 aromatic carbocycles. The molecule has 5 nitrogen and oxygen atoms in total. The Balaban J connectivity index is 2.12. The second-order valence-electron chi connectivity index (χ2n) is 4.36. The number of hydrogen-bond acceptors (Lipinski definition) is 3. The summed E-state index contributed by atoms with van der Waals surface area (Å²) in [5.41, 5.74) is 7.37. The van der Waals surface area contributed by atoms with Gasteiger partial charge < -0.3 is 11.1 Å². The first-order valence-electron chi connectivity index (χ1n) is 6.26. The lowest BCUT2D eigenvalue weighted by Crippen LogP contribution is -2.35. The third-order valence-corrected chi connectivity index (χ3v) is 2.84. The molecule has 1 aromatic heterocycles. The van der Waals surface area contributed by atoms with Crippen molar-refractivity contribution in [3.63, 3.8) is 0 Å². The molecule has 2 aromatic rings. The van der Waals surface area contributed by atoms with E-state index in [0.29, 0.717) is 6.54 Å². The third kappa shape index (κ3) is 3.46. The number of amides is 1. The van der Waals surface area contributed by atoms with Crippen LogP contribution < -0.4 is 11.1 Å². The van der Waals surface area contributed by atoms with Crippen LogP contribution in [-0.4, -0.2) is 21.7 Å². The molecule has 0 spiro atoms. The maximum Gasteiger partial charge on any atom is 0.242 e. The number of carbonyl (C=O) groups excluding carboxylic acids is 1. The Morgan fingerprint density at radius 3 is 2.95 bits per heavy atom. The standard InChI is InChI=1S/C15H16N4O/c1-2-6-13(16)15(20)18-14-8-4-3-7-12(14)11-19-10-5-9-17-19/h1,3-5,7-10,13H,6,11,16H2,(H,18,20). The number of anilines is 1. The molecule has 20 heavy (non-hydrogen) atoms. The van der Waals surface area contributed by atoms with E-state index in [4.69, 9.17) is 12.2 Å². The second kappa shape index (κ2) is 6.55. The average Bonchev–Trinajstić information content (AvgIpc) is 2.94. The van der Waals surface area contributed by atoms with Gasteiger partial charge in [0.05, 0.1) is 12.6 Å². The molecule has 0 radical (unpaired) electrons. The summed E-state index contributed by atoms with van der Waals surface area (Å²) in [4.78, 5) is 11.9. The van der Waals surface area contributed by atoms with Gasteiger partial charge in [0.1, 0.15) is 0 Å². The molecular formula is C15H16N4O. The molecular weight excluding hydrogens is 252 g/mol. The van der Waals surface area contributed by atoms with Crippen molar-refractivity contribution in [3.8, 4) is 12.3 Å². The predicted molar refractivity (Wildman–Crippen MR) is 77.8 cm³/mol. The molecule has 1 unspecified atom stereocenters. The number of terminal acetylenes is 1. The molecule has 0 aliphatic carbocycles. The highest BCUT2D eigenvalue weighted by Gasteiger charge is 2.13. The minimum absolute atomic E-state index is 0.215. The van der Waals surface area contributed by atoms with E-state index < -0.39 is 6.04 Å². The van der Waals surface area contributed by atoms with Crippen LogP contribution in [0.4, 0.5) is 5.69 Å². The Morgan fingerprint density at radius 2 is 2.25 bits per heavy atom. The van der Waals surface area contributed by atoms with E-state index in [1.165, 1.54) is 0 Å². The van der Waals surface area contributed by atoms with Gasteiger partial charge in [-0.2, -0.15) is 5.10 Å². The third-order valence-electron chi connectivity index (χ3n) is 2.84. The minimum atomic E-state index is -0.697. The van der Waals surface area contributed by atoms with Crippen LogP contribution in [0.1, 0.15) is 12.0 Å². The number of nitrogens with two attached hydrogens (primary N) is 1. The fourth-order valence-corrected chi connectivity index (χ4v) is 1.79. The molecule has 102 valence electrons. The van der Waals surface area contributed by atoms with Crippen LogP contribution in [0.3, 0.4) is 0 Å². The van der Waals surface area contributed by atoms with Gasteiger partial charge in [0, 0.05) is 24.5 Å². The van der Waals surface area contributed by atoms with Crippen molar-refractivity contribution in [2.75, 3.05) is 5.32 Å². The van der Waals surface area contributed by atoms with E-state index in [1.54, 1.807) is 10.9 Å². The van der Waals surface area contributed by atoms with E-state index in [2.05, 4.69) is 16.3 Å². The van der Waals surface area contributed by atoms with Gasteiger partial charge in [0.2, 0.25) is 5.91 Å². The molecule has 5 heteroatoms. The first kappa shape index (κ1) is 13.8. The maximum absolute atomic E-state index is 11.9. The lowest BCUT2D eigenvalue weighted by molar-refractivity contribution is -0.117. The van der Waals surface area contributed by atoms with Crippen molar-refractivity contribution in [1.82, 2.24) is 9.78 Å². The molecule has 0 aliphatic rings. The highest BCUT2D eigenvalue weighted by Crippen LogP contribution is 2.16. The van der Waals surface area contributed by atoms with Crippen molar-refractivity contribution in [2.24, 2.45) is 5.73 Å². The van der Waals surface area contributed by atoms with Gasteiger partial charge in [-0.25, -0.2) is 0 Å². The highest BCUT2D eigenvalue weighted by molar-refractivity contribution is 5.95.